The molecule has 0 saturated carbocycles. The second-order valence-electron chi connectivity index (χ2n) is 5.28. The highest BCUT2D eigenvalue weighted by atomic mass is 32.2. The highest BCUT2D eigenvalue weighted by Crippen LogP contribution is 2.23. The molecule has 0 radical (unpaired) electrons. The zero-order chi connectivity index (χ0) is 17.5. The number of hydrogen-bond acceptors (Lipinski definition) is 4. The second-order valence-corrected chi connectivity index (χ2v) is 6.47. The molecule has 0 aliphatic rings. The van der Waals surface area contributed by atoms with E-state index < -0.39 is 11.1 Å². The lowest BCUT2D eigenvalue weighted by Gasteiger charge is -2.14. The summed E-state index contributed by atoms with van der Waals surface area (Å²) in [6.07, 6.45) is 2.11. The number of H-pyrrole nitrogens is 1. The number of para-hydroxylation sites is 1. The summed E-state index contributed by atoms with van der Waals surface area (Å²) in [5.74, 6) is -0.807. The van der Waals surface area contributed by atoms with E-state index in [-0.39, 0.29) is 17.2 Å². The van der Waals surface area contributed by atoms with Crippen LogP contribution in [0, 0.1) is 5.82 Å². The molecule has 0 fully saturated rings. The third kappa shape index (κ3) is 4.92. The van der Waals surface area contributed by atoms with Crippen LogP contribution in [0.1, 0.15) is 32.4 Å². The van der Waals surface area contributed by atoms with E-state index in [1.807, 2.05) is 13.8 Å². The maximum Gasteiger partial charge on any atom is 0.251 e. The fourth-order valence-corrected chi connectivity index (χ4v) is 3.09. The van der Waals surface area contributed by atoms with Crippen molar-refractivity contribution in [3.8, 4) is 0 Å². The number of hydrogen-bond donors (Lipinski definition) is 2. The Hall–Kier alpha value is -2.15. The van der Waals surface area contributed by atoms with Crippen molar-refractivity contribution in [2.45, 2.75) is 43.5 Å². The minimum absolute atomic E-state index is 0.141. The first-order chi connectivity index (χ1) is 11.5. The molecule has 0 aliphatic heterocycles. The number of carbonyl (C=O) groups excluding carboxylic acids is 1. The number of aryl methyl sites for hydroxylation is 1. The average Bonchev–Trinajstić information content (AvgIpc) is 2.54. The average molecular weight is 349 g/mol. The van der Waals surface area contributed by atoms with Gasteiger partial charge >= 0.3 is 0 Å². The molecule has 7 heteroatoms. The minimum atomic E-state index is -0.484. The van der Waals surface area contributed by atoms with Crippen LogP contribution < -0.4 is 10.9 Å². The predicted molar refractivity (Wildman–Crippen MR) is 93.8 cm³/mol. The number of aromatic amines is 1. The molecule has 0 aliphatic carbocycles. The number of rotatable bonds is 7. The van der Waals surface area contributed by atoms with Crippen molar-refractivity contribution in [3.05, 3.63) is 52.2 Å². The van der Waals surface area contributed by atoms with Crippen LogP contribution in [0.4, 0.5) is 10.1 Å². The zero-order valence-corrected chi connectivity index (χ0v) is 14.5. The number of amides is 1. The van der Waals surface area contributed by atoms with Gasteiger partial charge in [-0.1, -0.05) is 44.2 Å². The molecule has 5 nitrogen and oxygen atoms in total. The Morgan fingerprint density at radius 2 is 2.12 bits per heavy atom. The maximum atomic E-state index is 13.7. The molecule has 128 valence electrons. The number of halogens is 1. The van der Waals surface area contributed by atoms with Crippen LogP contribution in [0.2, 0.25) is 0 Å². The first-order valence-corrected chi connectivity index (χ1v) is 8.73. The van der Waals surface area contributed by atoms with Crippen molar-refractivity contribution < 1.29 is 9.18 Å². The van der Waals surface area contributed by atoms with Crippen LogP contribution in [0.15, 0.2) is 40.3 Å². The summed E-state index contributed by atoms with van der Waals surface area (Å²) in [6, 6.07) is 7.47. The molecular formula is C17H20FN3O2S. The van der Waals surface area contributed by atoms with Crippen molar-refractivity contribution in [3.63, 3.8) is 0 Å². The lowest BCUT2D eigenvalue weighted by atomic mass is 10.2. The van der Waals surface area contributed by atoms with Crippen molar-refractivity contribution in [1.29, 1.82) is 0 Å². The van der Waals surface area contributed by atoms with E-state index in [9.17, 15) is 14.0 Å². The SMILES string of the molecule is CCCc1cc(=O)[nH]c(SC(CC)C(=O)Nc2ccccc2F)n1. The number of anilines is 1. The Labute approximate surface area is 144 Å². The number of nitrogens with one attached hydrogen (secondary N) is 2. The van der Waals surface area contributed by atoms with E-state index in [2.05, 4.69) is 15.3 Å². The fraction of sp³-hybridized carbons (Fsp3) is 0.353. The minimum Gasteiger partial charge on any atom is -0.323 e. The molecule has 2 aromatic rings. The molecule has 1 unspecified atom stereocenters. The second kappa shape index (κ2) is 8.63. The van der Waals surface area contributed by atoms with Gasteiger partial charge in [-0.25, -0.2) is 9.37 Å². The van der Waals surface area contributed by atoms with Gasteiger partial charge in [0.25, 0.3) is 5.56 Å². The number of aromatic nitrogens is 2. The molecule has 1 amide bonds. The summed E-state index contributed by atoms with van der Waals surface area (Å²) in [5.41, 5.74) is 0.608. The van der Waals surface area contributed by atoms with Gasteiger partial charge in [-0.3, -0.25) is 9.59 Å². The Kier molecular flexibility index (Phi) is 6.54. The van der Waals surface area contributed by atoms with E-state index in [0.717, 1.165) is 6.42 Å². The molecular weight excluding hydrogens is 329 g/mol. The first-order valence-electron chi connectivity index (χ1n) is 7.85. The van der Waals surface area contributed by atoms with Crippen LogP contribution in [-0.4, -0.2) is 21.1 Å². The van der Waals surface area contributed by atoms with Crippen LogP contribution in [0.5, 0.6) is 0 Å². The standard InChI is InChI=1S/C17H20FN3O2S/c1-3-7-11-10-15(22)21-17(19-11)24-14(4-2)16(23)20-13-9-6-5-8-12(13)18/h5-6,8-10,14H,3-4,7H2,1-2H3,(H,20,23)(H,19,21,22). The third-order valence-corrected chi connectivity index (χ3v) is 4.58. The number of benzene rings is 1. The first kappa shape index (κ1) is 18.2. The molecule has 1 atom stereocenters. The predicted octanol–water partition coefficient (Wildman–Crippen LogP) is 3.37. The Bertz CT molecular complexity index is 763. The summed E-state index contributed by atoms with van der Waals surface area (Å²) in [7, 11) is 0. The quantitative estimate of drug-likeness (QED) is 0.594. The van der Waals surface area contributed by atoms with E-state index in [1.165, 1.54) is 30.0 Å². The molecule has 0 saturated heterocycles. The Morgan fingerprint density at radius 3 is 2.79 bits per heavy atom. The van der Waals surface area contributed by atoms with E-state index in [4.69, 9.17) is 0 Å². The van der Waals surface area contributed by atoms with Gasteiger partial charge < -0.3 is 10.3 Å². The van der Waals surface area contributed by atoms with Crippen molar-refractivity contribution >= 4 is 23.4 Å². The van der Waals surface area contributed by atoms with Gasteiger partial charge in [-0.05, 0) is 25.0 Å². The number of carbonyl (C=O) groups is 1. The van der Waals surface area contributed by atoms with Gasteiger partial charge in [0.05, 0.1) is 10.9 Å². The molecule has 0 spiro atoms. The van der Waals surface area contributed by atoms with Gasteiger partial charge in [0.2, 0.25) is 5.91 Å². The molecule has 1 heterocycles. The van der Waals surface area contributed by atoms with Crippen LogP contribution in [0.3, 0.4) is 0 Å². The van der Waals surface area contributed by atoms with Gasteiger partial charge in [0.1, 0.15) is 5.82 Å². The van der Waals surface area contributed by atoms with Crippen LogP contribution >= 0.6 is 11.8 Å². The zero-order valence-electron chi connectivity index (χ0n) is 13.6. The summed E-state index contributed by atoms with van der Waals surface area (Å²) in [6.45, 7) is 3.86. The fourth-order valence-electron chi connectivity index (χ4n) is 2.16. The Morgan fingerprint density at radius 1 is 1.38 bits per heavy atom. The summed E-state index contributed by atoms with van der Waals surface area (Å²) in [5, 5.41) is 2.50. The molecule has 2 N–H and O–H groups in total. The summed E-state index contributed by atoms with van der Waals surface area (Å²) in [4.78, 5) is 31.1. The molecule has 1 aromatic carbocycles. The van der Waals surface area contributed by atoms with Gasteiger partial charge in [0.15, 0.2) is 5.16 Å². The molecule has 0 bridgehead atoms. The topological polar surface area (TPSA) is 74.8 Å². The van der Waals surface area contributed by atoms with Crippen molar-refractivity contribution in [2.24, 2.45) is 0 Å². The van der Waals surface area contributed by atoms with Gasteiger partial charge in [0, 0.05) is 11.8 Å². The van der Waals surface area contributed by atoms with E-state index in [1.54, 1.807) is 12.1 Å². The van der Waals surface area contributed by atoms with Gasteiger partial charge in [-0.2, -0.15) is 0 Å². The van der Waals surface area contributed by atoms with Crippen LogP contribution in [0.25, 0.3) is 0 Å². The van der Waals surface area contributed by atoms with Gasteiger partial charge in [-0.15, -0.1) is 0 Å². The normalized spacial score (nSPS) is 12.0. The smallest absolute Gasteiger partial charge is 0.251 e. The third-order valence-electron chi connectivity index (χ3n) is 3.33. The summed E-state index contributed by atoms with van der Waals surface area (Å²) >= 11 is 1.17. The molecule has 24 heavy (non-hydrogen) atoms. The summed E-state index contributed by atoms with van der Waals surface area (Å²) < 4.78 is 13.7. The number of nitrogens with zero attached hydrogens (tertiary/aromatic N) is 1. The largest absolute Gasteiger partial charge is 0.323 e. The lowest BCUT2D eigenvalue weighted by molar-refractivity contribution is -0.115. The maximum absolute atomic E-state index is 13.7. The Balaban J connectivity index is 2.13. The van der Waals surface area contributed by atoms with E-state index in [0.29, 0.717) is 23.7 Å². The highest BCUT2D eigenvalue weighted by Gasteiger charge is 2.20. The monoisotopic (exact) mass is 349 g/mol. The van der Waals surface area contributed by atoms with Crippen molar-refractivity contribution in [1.82, 2.24) is 9.97 Å². The lowest BCUT2D eigenvalue weighted by Crippen LogP contribution is -2.25. The molecule has 2 rings (SSSR count). The van der Waals surface area contributed by atoms with E-state index >= 15 is 0 Å². The number of thioether (sulfide) groups is 1. The molecule has 1 aromatic heterocycles. The van der Waals surface area contributed by atoms with Crippen molar-refractivity contribution in [2.75, 3.05) is 5.32 Å². The van der Waals surface area contributed by atoms with Crippen LogP contribution in [-0.2, 0) is 11.2 Å². The highest BCUT2D eigenvalue weighted by molar-refractivity contribution is 8.00.